The number of hydrazine groups is 1. The van der Waals surface area contributed by atoms with Gasteiger partial charge in [-0.1, -0.05) is 55.3 Å². The van der Waals surface area contributed by atoms with Gasteiger partial charge in [0.15, 0.2) is 0 Å². The number of fused-ring (bicyclic) bond motifs is 2. The van der Waals surface area contributed by atoms with E-state index in [0.29, 0.717) is 6.04 Å². The molecule has 0 radical (unpaired) electrons. The molecule has 2 saturated carbocycles. The first-order chi connectivity index (χ1) is 10.4. The van der Waals surface area contributed by atoms with Gasteiger partial charge in [-0.3, -0.25) is 11.3 Å². The fourth-order valence-corrected chi connectivity index (χ4v) is 4.66. The smallest absolute Gasteiger partial charge is 0.0284 e. The maximum Gasteiger partial charge on any atom is 0.0284 e. The zero-order valence-electron chi connectivity index (χ0n) is 12.5. The van der Waals surface area contributed by atoms with Crippen molar-refractivity contribution in [3.8, 4) is 0 Å². The molecule has 0 bridgehead atoms. The second-order valence-corrected chi connectivity index (χ2v) is 6.81. The Morgan fingerprint density at radius 1 is 1.00 bits per heavy atom. The molecule has 0 aliphatic heterocycles. The summed E-state index contributed by atoms with van der Waals surface area (Å²) in [6.07, 6.45) is 6.73. The molecule has 2 nitrogen and oxygen atoms in total. The Kier molecular flexibility index (Phi) is 3.44. The van der Waals surface area contributed by atoms with Crippen molar-refractivity contribution in [3.05, 3.63) is 48.0 Å². The zero-order valence-corrected chi connectivity index (χ0v) is 12.5. The summed E-state index contributed by atoms with van der Waals surface area (Å²) in [5.41, 5.74) is 4.56. The molecule has 0 amide bonds. The fourth-order valence-electron chi connectivity index (χ4n) is 4.66. The van der Waals surface area contributed by atoms with E-state index in [2.05, 4.69) is 47.9 Å². The van der Waals surface area contributed by atoms with Crippen LogP contribution >= 0.6 is 0 Å². The summed E-state index contributed by atoms with van der Waals surface area (Å²) in [4.78, 5) is 0. The van der Waals surface area contributed by atoms with E-state index < -0.39 is 0 Å². The monoisotopic (exact) mass is 280 g/mol. The summed E-state index contributed by atoms with van der Waals surface area (Å²) in [5, 5.41) is 2.71. The van der Waals surface area contributed by atoms with E-state index in [4.69, 9.17) is 5.84 Å². The molecule has 110 valence electrons. The van der Waals surface area contributed by atoms with Gasteiger partial charge in [-0.15, -0.1) is 0 Å². The Balaban J connectivity index is 1.58. The van der Waals surface area contributed by atoms with E-state index in [1.165, 1.54) is 42.0 Å². The number of rotatable bonds is 4. The minimum absolute atomic E-state index is 0.434. The lowest BCUT2D eigenvalue weighted by Crippen LogP contribution is -2.39. The van der Waals surface area contributed by atoms with Crippen molar-refractivity contribution in [2.45, 2.75) is 38.1 Å². The second kappa shape index (κ2) is 5.43. The van der Waals surface area contributed by atoms with Gasteiger partial charge in [0.1, 0.15) is 0 Å². The van der Waals surface area contributed by atoms with Gasteiger partial charge in [-0.05, 0) is 53.4 Å². The third-order valence-corrected chi connectivity index (χ3v) is 5.72. The predicted octanol–water partition coefficient (Wildman–Crippen LogP) is 3.65. The van der Waals surface area contributed by atoms with Crippen molar-refractivity contribution in [2.75, 3.05) is 0 Å². The number of hydrogen-bond donors (Lipinski definition) is 2. The van der Waals surface area contributed by atoms with Crippen LogP contribution in [0.4, 0.5) is 0 Å². The van der Waals surface area contributed by atoms with Crippen molar-refractivity contribution in [1.29, 1.82) is 0 Å². The van der Waals surface area contributed by atoms with Gasteiger partial charge in [-0.25, -0.2) is 0 Å². The van der Waals surface area contributed by atoms with Crippen LogP contribution in [-0.4, -0.2) is 6.04 Å². The van der Waals surface area contributed by atoms with Crippen LogP contribution in [0.25, 0.3) is 10.8 Å². The Hall–Kier alpha value is -1.38. The third-order valence-electron chi connectivity index (χ3n) is 5.72. The highest BCUT2D eigenvalue weighted by atomic mass is 15.2. The first-order valence-electron chi connectivity index (χ1n) is 8.31. The highest BCUT2D eigenvalue weighted by Crippen LogP contribution is 2.57. The Morgan fingerprint density at radius 2 is 1.71 bits per heavy atom. The van der Waals surface area contributed by atoms with Gasteiger partial charge in [-0.2, -0.15) is 0 Å². The Bertz CT molecular complexity index is 619. The summed E-state index contributed by atoms with van der Waals surface area (Å²) in [7, 11) is 0. The predicted molar refractivity (Wildman–Crippen MR) is 87.7 cm³/mol. The summed E-state index contributed by atoms with van der Waals surface area (Å²) < 4.78 is 0. The molecule has 3 atom stereocenters. The molecule has 2 heteroatoms. The quantitative estimate of drug-likeness (QED) is 0.662. The highest BCUT2D eigenvalue weighted by molar-refractivity contribution is 5.85. The van der Waals surface area contributed by atoms with Crippen LogP contribution in [0.2, 0.25) is 0 Å². The highest BCUT2D eigenvalue weighted by Gasteiger charge is 2.53. The molecule has 3 N–H and O–H groups in total. The lowest BCUT2D eigenvalue weighted by atomic mass is 9.96. The summed E-state index contributed by atoms with van der Waals surface area (Å²) in [6.45, 7) is 0. The zero-order chi connectivity index (χ0) is 14.2. The molecule has 3 unspecified atom stereocenters. The molecule has 2 aliphatic rings. The van der Waals surface area contributed by atoms with Crippen LogP contribution in [0.1, 0.15) is 31.2 Å². The third kappa shape index (κ3) is 2.37. The maximum atomic E-state index is 5.91. The van der Waals surface area contributed by atoms with Gasteiger partial charge in [0, 0.05) is 6.04 Å². The molecule has 2 aliphatic carbocycles. The van der Waals surface area contributed by atoms with Gasteiger partial charge in [0.2, 0.25) is 0 Å². The largest absolute Gasteiger partial charge is 0.271 e. The van der Waals surface area contributed by atoms with Crippen molar-refractivity contribution >= 4 is 10.8 Å². The van der Waals surface area contributed by atoms with Gasteiger partial charge < -0.3 is 0 Å². The lowest BCUT2D eigenvalue weighted by molar-refractivity contribution is 0.438. The summed E-state index contributed by atoms with van der Waals surface area (Å²) >= 11 is 0. The van der Waals surface area contributed by atoms with E-state index in [9.17, 15) is 0 Å². The number of benzene rings is 2. The van der Waals surface area contributed by atoms with Gasteiger partial charge in [0.05, 0.1) is 0 Å². The maximum absolute atomic E-state index is 5.91. The van der Waals surface area contributed by atoms with Crippen LogP contribution in [0.15, 0.2) is 42.5 Å². The fraction of sp³-hybridized carbons (Fsp3) is 0.474. The molecule has 0 aromatic heterocycles. The van der Waals surface area contributed by atoms with Crippen molar-refractivity contribution in [2.24, 2.45) is 23.6 Å². The molecular formula is C19H24N2. The van der Waals surface area contributed by atoms with Gasteiger partial charge in [0.25, 0.3) is 0 Å². The molecule has 2 aromatic rings. The average Bonchev–Trinajstić information content (AvgIpc) is 3.27. The molecule has 2 fully saturated rings. The van der Waals surface area contributed by atoms with E-state index in [1.807, 2.05) is 0 Å². The summed E-state index contributed by atoms with van der Waals surface area (Å²) in [5.74, 6) is 8.59. The normalized spacial score (nSPS) is 29.1. The standard InChI is InChI=1S/C19H24N2/c20-21-18(19-16-10-3-4-11-17(16)19)12-14-8-5-7-13-6-1-2-9-15(13)14/h1-2,5-9,16-19,21H,3-4,10-12,20H2. The number of nitrogens with one attached hydrogen (secondary N) is 1. The molecule has 21 heavy (non-hydrogen) atoms. The van der Waals surface area contributed by atoms with E-state index in [0.717, 1.165) is 24.2 Å². The van der Waals surface area contributed by atoms with Crippen LogP contribution in [0.3, 0.4) is 0 Å². The van der Waals surface area contributed by atoms with E-state index in [-0.39, 0.29) is 0 Å². The average molecular weight is 280 g/mol. The number of hydrogen-bond acceptors (Lipinski definition) is 2. The Morgan fingerprint density at radius 3 is 2.48 bits per heavy atom. The van der Waals surface area contributed by atoms with Gasteiger partial charge >= 0.3 is 0 Å². The lowest BCUT2D eigenvalue weighted by Gasteiger charge is -2.17. The van der Waals surface area contributed by atoms with Crippen LogP contribution < -0.4 is 11.3 Å². The van der Waals surface area contributed by atoms with Crippen LogP contribution in [0.5, 0.6) is 0 Å². The second-order valence-electron chi connectivity index (χ2n) is 6.81. The van der Waals surface area contributed by atoms with E-state index in [1.54, 1.807) is 0 Å². The van der Waals surface area contributed by atoms with Crippen molar-refractivity contribution < 1.29 is 0 Å². The Labute approximate surface area is 126 Å². The molecule has 0 saturated heterocycles. The molecular weight excluding hydrogens is 256 g/mol. The SMILES string of the molecule is NNC(Cc1cccc2ccccc12)C1C2CCCCC21. The van der Waals surface area contributed by atoms with Crippen LogP contribution in [0, 0.1) is 17.8 Å². The molecule has 0 heterocycles. The molecule has 2 aromatic carbocycles. The minimum Gasteiger partial charge on any atom is -0.271 e. The van der Waals surface area contributed by atoms with E-state index >= 15 is 0 Å². The molecule has 0 spiro atoms. The summed E-state index contributed by atoms with van der Waals surface area (Å²) in [6, 6.07) is 15.7. The first kappa shape index (κ1) is 13.3. The first-order valence-corrected chi connectivity index (χ1v) is 8.31. The topological polar surface area (TPSA) is 38.0 Å². The minimum atomic E-state index is 0.434. The van der Waals surface area contributed by atoms with Crippen molar-refractivity contribution in [1.82, 2.24) is 5.43 Å². The van der Waals surface area contributed by atoms with Crippen LogP contribution in [-0.2, 0) is 6.42 Å². The number of nitrogens with two attached hydrogens (primary N) is 1. The molecule has 4 rings (SSSR count). The van der Waals surface area contributed by atoms with Crippen molar-refractivity contribution in [3.63, 3.8) is 0 Å².